The molecule has 43 heavy (non-hydrogen) atoms. The minimum absolute atomic E-state index is 0.0153. The number of hydrogen-bond donors (Lipinski definition) is 2. The van der Waals surface area contributed by atoms with E-state index in [-0.39, 0.29) is 32.5 Å². The second-order valence-electron chi connectivity index (χ2n) is 12.5. The first-order valence-corrected chi connectivity index (χ1v) is 15.3. The van der Waals surface area contributed by atoms with Gasteiger partial charge in [-0.2, -0.15) is 5.26 Å². The van der Waals surface area contributed by atoms with Crippen LogP contribution in [-0.4, -0.2) is 41.1 Å². The lowest BCUT2D eigenvalue weighted by molar-refractivity contribution is -0.139. The van der Waals surface area contributed by atoms with Gasteiger partial charge in [-0.1, -0.05) is 85.6 Å². The first-order valence-electron chi connectivity index (χ1n) is 14.5. The van der Waals surface area contributed by atoms with Crippen LogP contribution in [0.3, 0.4) is 0 Å². The minimum Gasteiger partial charge on any atom is -0.480 e. The summed E-state index contributed by atoms with van der Waals surface area (Å²) < 4.78 is 31.4. The molecule has 5 rings (SSSR count). The van der Waals surface area contributed by atoms with E-state index in [0.29, 0.717) is 6.42 Å². The molecule has 0 saturated carbocycles. The van der Waals surface area contributed by atoms with Crippen molar-refractivity contribution >= 4 is 29.2 Å². The quantitative estimate of drug-likeness (QED) is 0.270. The zero-order valence-electron chi connectivity index (χ0n) is 24.2. The first kappa shape index (κ1) is 31.4. The molecule has 2 aliphatic rings. The van der Waals surface area contributed by atoms with Crippen LogP contribution in [0.5, 0.6) is 0 Å². The van der Waals surface area contributed by atoms with Crippen molar-refractivity contribution in [2.45, 2.75) is 63.1 Å². The van der Waals surface area contributed by atoms with Gasteiger partial charge in [0.25, 0.3) is 0 Å². The van der Waals surface area contributed by atoms with Crippen LogP contribution in [0.4, 0.5) is 8.78 Å². The number of carboxylic acid groups (broad SMARTS) is 1. The van der Waals surface area contributed by atoms with Crippen molar-refractivity contribution in [3.8, 4) is 6.07 Å². The second-order valence-corrected chi connectivity index (χ2v) is 13.3. The molecule has 0 amide bonds. The highest BCUT2D eigenvalue weighted by Crippen LogP contribution is 2.54. The molecule has 0 radical (unpaired) electrons. The van der Waals surface area contributed by atoms with E-state index in [4.69, 9.17) is 23.2 Å². The summed E-state index contributed by atoms with van der Waals surface area (Å²) in [6.45, 7) is 6.93. The maximum absolute atomic E-state index is 15.8. The summed E-state index contributed by atoms with van der Waals surface area (Å²) in [6.07, 6.45) is 2.22. The van der Waals surface area contributed by atoms with Crippen LogP contribution in [0.2, 0.25) is 10.0 Å². The molecule has 2 aliphatic heterocycles. The summed E-state index contributed by atoms with van der Waals surface area (Å²) in [4.78, 5) is 15.1. The van der Waals surface area contributed by atoms with Crippen molar-refractivity contribution in [2.75, 3.05) is 13.1 Å². The molecule has 3 aromatic carbocycles. The number of aliphatic carboxylic acids is 1. The smallest absolute Gasteiger partial charge is 0.321 e. The van der Waals surface area contributed by atoms with Crippen LogP contribution in [0.15, 0.2) is 66.7 Å². The number of rotatable bonds is 8. The summed E-state index contributed by atoms with van der Waals surface area (Å²) in [6, 6.07) is 18.8. The number of nitrogens with zero attached hydrogens (tertiary/aromatic N) is 2. The molecule has 2 saturated heterocycles. The summed E-state index contributed by atoms with van der Waals surface area (Å²) in [5, 5.41) is 24.4. The van der Waals surface area contributed by atoms with Gasteiger partial charge in [-0.3, -0.25) is 15.0 Å². The molecule has 2 fully saturated rings. The Morgan fingerprint density at radius 2 is 1.79 bits per heavy atom. The van der Waals surface area contributed by atoms with Crippen molar-refractivity contribution < 1.29 is 18.7 Å². The van der Waals surface area contributed by atoms with Crippen LogP contribution in [0.1, 0.15) is 55.7 Å². The van der Waals surface area contributed by atoms with Crippen LogP contribution < -0.4 is 5.32 Å². The number of likely N-dealkylation sites (tertiary alicyclic amines) is 1. The highest BCUT2D eigenvalue weighted by Gasteiger charge is 2.61. The maximum Gasteiger partial charge on any atom is 0.321 e. The van der Waals surface area contributed by atoms with Gasteiger partial charge >= 0.3 is 5.97 Å². The molecule has 3 aromatic rings. The molecule has 2 N–H and O–H groups in total. The van der Waals surface area contributed by atoms with Gasteiger partial charge in [-0.15, -0.1) is 0 Å². The summed E-state index contributed by atoms with van der Waals surface area (Å²) in [5.41, 5.74) is -0.921. The van der Waals surface area contributed by atoms with E-state index in [1.165, 1.54) is 35.9 Å². The molecule has 9 heteroatoms. The molecule has 2 heterocycles. The van der Waals surface area contributed by atoms with Crippen LogP contribution in [0.25, 0.3) is 0 Å². The Labute approximate surface area is 261 Å². The highest BCUT2D eigenvalue weighted by molar-refractivity contribution is 6.31. The number of nitrogens with one attached hydrogen (secondary N) is 1. The van der Waals surface area contributed by atoms with Crippen LogP contribution >= 0.6 is 23.2 Å². The number of nitriles is 1. The number of carboxylic acids is 1. The summed E-state index contributed by atoms with van der Waals surface area (Å²) in [5.74, 6) is -3.81. The second kappa shape index (κ2) is 12.5. The van der Waals surface area contributed by atoms with Gasteiger partial charge in [-0.05, 0) is 73.0 Å². The summed E-state index contributed by atoms with van der Waals surface area (Å²) >= 11 is 12.2. The Morgan fingerprint density at radius 1 is 1.09 bits per heavy atom. The molecule has 4 atom stereocenters. The molecule has 0 aliphatic carbocycles. The third-order valence-electron chi connectivity index (χ3n) is 9.57. The predicted octanol–water partition coefficient (Wildman–Crippen LogP) is 7.57. The average molecular weight is 627 g/mol. The lowest BCUT2D eigenvalue weighted by atomic mass is 9.60. The van der Waals surface area contributed by atoms with E-state index >= 15 is 8.78 Å². The van der Waals surface area contributed by atoms with Crippen molar-refractivity contribution in [3.63, 3.8) is 0 Å². The molecule has 0 aromatic heterocycles. The fourth-order valence-corrected chi connectivity index (χ4v) is 7.68. The largest absolute Gasteiger partial charge is 0.480 e. The molecule has 0 spiro atoms. The zero-order chi connectivity index (χ0) is 30.9. The van der Waals surface area contributed by atoms with Gasteiger partial charge in [0.15, 0.2) is 0 Å². The van der Waals surface area contributed by atoms with Crippen molar-refractivity contribution in [1.82, 2.24) is 10.2 Å². The van der Waals surface area contributed by atoms with Crippen LogP contribution in [0, 0.1) is 34.3 Å². The monoisotopic (exact) mass is 625 g/mol. The number of piperidine rings is 1. The summed E-state index contributed by atoms with van der Waals surface area (Å²) in [7, 11) is 0. The topological polar surface area (TPSA) is 76.4 Å². The van der Waals surface area contributed by atoms with Gasteiger partial charge in [0.1, 0.15) is 23.1 Å². The lowest BCUT2D eigenvalue weighted by Gasteiger charge is -2.44. The molecule has 5 nitrogen and oxygen atoms in total. The molecule has 226 valence electrons. The molecular formula is C34H35Cl2F2N3O2. The molecular weight excluding hydrogens is 591 g/mol. The predicted molar refractivity (Wildman–Crippen MR) is 164 cm³/mol. The van der Waals surface area contributed by atoms with Crippen molar-refractivity contribution in [3.05, 3.63) is 105 Å². The number of carbonyl (C=O) groups is 1. The number of benzene rings is 3. The van der Waals surface area contributed by atoms with E-state index in [1.807, 2.05) is 18.2 Å². The van der Waals surface area contributed by atoms with Gasteiger partial charge in [-0.25, -0.2) is 8.78 Å². The standard InChI is InChI=1S/C34H35Cl2F2N3O2/c1-33(2,22-13-15-41(16-14-22)19-21-7-4-3-5-8-21)18-28-34(20-39,25-12-11-23(35)17-27(25)37)29(31(40-28)32(42)43)24-9-6-10-26(36)30(24)38/h3-12,17,22,28-29,31,40H,13-16,18-19H2,1-2H3,(H,42,43). The third-order valence-corrected chi connectivity index (χ3v) is 10.1. The van der Waals surface area contributed by atoms with Gasteiger partial charge in [0.2, 0.25) is 0 Å². The van der Waals surface area contributed by atoms with E-state index < -0.39 is 41.0 Å². The minimum atomic E-state index is -1.77. The first-order chi connectivity index (χ1) is 20.5. The van der Waals surface area contributed by atoms with E-state index in [1.54, 1.807) is 0 Å². The van der Waals surface area contributed by atoms with E-state index in [9.17, 15) is 15.2 Å². The van der Waals surface area contributed by atoms with Crippen molar-refractivity contribution in [2.24, 2.45) is 11.3 Å². The normalized spacial score (nSPS) is 25.0. The van der Waals surface area contributed by atoms with Gasteiger partial charge < -0.3 is 5.11 Å². The van der Waals surface area contributed by atoms with E-state index in [0.717, 1.165) is 38.5 Å². The molecule has 4 unspecified atom stereocenters. The zero-order valence-corrected chi connectivity index (χ0v) is 25.7. The van der Waals surface area contributed by atoms with Gasteiger partial charge in [0, 0.05) is 29.1 Å². The Balaban J connectivity index is 1.51. The number of hydrogen-bond acceptors (Lipinski definition) is 4. The van der Waals surface area contributed by atoms with Crippen LogP contribution in [-0.2, 0) is 16.8 Å². The Bertz CT molecular complexity index is 1520. The third kappa shape index (κ3) is 6.04. The fourth-order valence-electron chi connectivity index (χ4n) is 7.34. The highest BCUT2D eigenvalue weighted by atomic mass is 35.5. The Hall–Kier alpha value is -3.02. The van der Waals surface area contributed by atoms with Gasteiger partial charge in [0.05, 0.1) is 11.1 Å². The number of halogens is 4. The fraction of sp³-hybridized carbons (Fsp3) is 0.412. The maximum atomic E-state index is 15.8. The Morgan fingerprint density at radius 3 is 2.42 bits per heavy atom. The van der Waals surface area contributed by atoms with Crippen molar-refractivity contribution in [1.29, 1.82) is 5.26 Å². The van der Waals surface area contributed by atoms with E-state index in [2.05, 4.69) is 42.3 Å². The SMILES string of the molecule is CC(C)(CC1NC(C(=O)O)C(c2cccc(Cl)c2F)C1(C#N)c1ccc(Cl)cc1F)C1CCN(Cc2ccccc2)CC1. The lowest BCUT2D eigenvalue weighted by Crippen LogP contribution is -2.47. The Kier molecular flexibility index (Phi) is 9.15. The molecule has 0 bridgehead atoms. The average Bonchev–Trinajstić information content (AvgIpc) is 3.29.